The van der Waals surface area contributed by atoms with Gasteiger partial charge in [0.15, 0.2) is 17.2 Å². The molecule has 7 heteroatoms. The molecule has 128 valence electrons. The van der Waals surface area contributed by atoms with Crippen LogP contribution in [0.4, 0.5) is 0 Å². The number of carbonyl (C=O) groups excluding carboxylic acids is 1. The minimum Gasteiger partial charge on any atom is -0.493 e. The molecule has 0 N–H and O–H groups in total. The Kier molecular flexibility index (Phi) is 5.24. The first kappa shape index (κ1) is 17.7. The van der Waals surface area contributed by atoms with Crippen molar-refractivity contribution in [1.82, 2.24) is 0 Å². The summed E-state index contributed by atoms with van der Waals surface area (Å²) in [7, 11) is 3.11. The van der Waals surface area contributed by atoms with Gasteiger partial charge in [-0.05, 0) is 67.8 Å². The van der Waals surface area contributed by atoms with E-state index in [1.54, 1.807) is 26.4 Å². The van der Waals surface area contributed by atoms with Gasteiger partial charge < -0.3 is 14.2 Å². The Morgan fingerprint density at radius 2 is 1.84 bits per heavy atom. The van der Waals surface area contributed by atoms with E-state index >= 15 is 0 Å². The Bertz CT molecular complexity index is 906. The number of benzene rings is 2. The van der Waals surface area contributed by atoms with E-state index in [0.717, 1.165) is 10.0 Å². The summed E-state index contributed by atoms with van der Waals surface area (Å²) in [5, 5.41) is 0. The van der Waals surface area contributed by atoms with Crippen LogP contribution in [0.1, 0.15) is 11.1 Å². The van der Waals surface area contributed by atoms with Gasteiger partial charge in [0, 0.05) is 4.47 Å². The van der Waals surface area contributed by atoms with Gasteiger partial charge in [-0.15, -0.1) is 0 Å². The largest absolute Gasteiger partial charge is 0.493 e. The van der Waals surface area contributed by atoms with Gasteiger partial charge in [-0.2, -0.15) is 0 Å². The number of hydrogen-bond acceptors (Lipinski definition) is 5. The van der Waals surface area contributed by atoms with E-state index < -0.39 is 5.97 Å². The van der Waals surface area contributed by atoms with E-state index in [1.807, 2.05) is 30.3 Å². The number of esters is 1. The van der Waals surface area contributed by atoms with Crippen molar-refractivity contribution in [1.29, 1.82) is 0 Å². The zero-order valence-corrected chi connectivity index (χ0v) is 16.5. The molecule has 1 aliphatic heterocycles. The highest BCUT2D eigenvalue weighted by Crippen LogP contribution is 2.37. The standard InChI is InChI=1S/C18H13Br2NO4/c1-23-15-9-10(7-13(20)16(15)24-2)8-14-18(22)25-17(21-14)11-5-3-4-6-12(11)19/h3-9H,1-2H3/b14-8-. The number of halogens is 2. The molecule has 0 spiro atoms. The van der Waals surface area contributed by atoms with Gasteiger partial charge in [-0.3, -0.25) is 0 Å². The second-order valence-electron chi connectivity index (χ2n) is 5.05. The fourth-order valence-electron chi connectivity index (χ4n) is 2.34. The fourth-order valence-corrected chi connectivity index (χ4v) is 3.41. The van der Waals surface area contributed by atoms with Crippen LogP contribution in [0.15, 0.2) is 56.0 Å². The van der Waals surface area contributed by atoms with Gasteiger partial charge in [0.05, 0.1) is 24.3 Å². The maximum absolute atomic E-state index is 12.1. The number of aliphatic imine (C=N–C) groups is 1. The molecule has 0 saturated carbocycles. The van der Waals surface area contributed by atoms with Crippen molar-refractivity contribution in [2.45, 2.75) is 0 Å². The molecule has 0 fully saturated rings. The second kappa shape index (κ2) is 7.41. The monoisotopic (exact) mass is 465 g/mol. The third kappa shape index (κ3) is 3.62. The van der Waals surface area contributed by atoms with E-state index in [4.69, 9.17) is 14.2 Å². The number of rotatable bonds is 4. The minimum absolute atomic E-state index is 0.213. The lowest BCUT2D eigenvalue weighted by Gasteiger charge is -2.10. The Balaban J connectivity index is 2.00. The topological polar surface area (TPSA) is 57.1 Å². The fraction of sp³-hybridized carbons (Fsp3) is 0.111. The zero-order valence-electron chi connectivity index (χ0n) is 13.4. The van der Waals surface area contributed by atoms with Crippen LogP contribution in [-0.2, 0) is 9.53 Å². The van der Waals surface area contributed by atoms with Crippen molar-refractivity contribution < 1.29 is 19.0 Å². The smallest absolute Gasteiger partial charge is 0.363 e. The maximum Gasteiger partial charge on any atom is 0.363 e. The van der Waals surface area contributed by atoms with Gasteiger partial charge >= 0.3 is 5.97 Å². The van der Waals surface area contributed by atoms with Crippen LogP contribution in [0, 0.1) is 0 Å². The molecule has 0 amide bonds. The summed E-state index contributed by atoms with van der Waals surface area (Å²) in [6.07, 6.45) is 1.64. The van der Waals surface area contributed by atoms with Crippen molar-refractivity contribution in [2.75, 3.05) is 14.2 Å². The van der Waals surface area contributed by atoms with Crippen LogP contribution in [0.3, 0.4) is 0 Å². The quantitative estimate of drug-likeness (QED) is 0.489. The Labute approximate surface area is 161 Å². The first-order valence-electron chi connectivity index (χ1n) is 7.22. The van der Waals surface area contributed by atoms with Gasteiger partial charge in [0.2, 0.25) is 5.90 Å². The predicted octanol–water partition coefficient (Wildman–Crippen LogP) is 4.57. The Hall–Kier alpha value is -2.12. The summed E-state index contributed by atoms with van der Waals surface area (Å²) in [6, 6.07) is 11.0. The van der Waals surface area contributed by atoms with Crippen LogP contribution in [0.5, 0.6) is 11.5 Å². The molecule has 0 saturated heterocycles. The summed E-state index contributed by atoms with van der Waals surface area (Å²) in [5.41, 5.74) is 1.66. The van der Waals surface area contributed by atoms with Crippen LogP contribution in [0.25, 0.3) is 6.08 Å². The van der Waals surface area contributed by atoms with E-state index in [0.29, 0.717) is 21.5 Å². The lowest BCUT2D eigenvalue weighted by molar-refractivity contribution is -0.129. The number of cyclic esters (lactones) is 1. The first-order chi connectivity index (χ1) is 12.0. The van der Waals surface area contributed by atoms with Crippen molar-refractivity contribution in [3.63, 3.8) is 0 Å². The van der Waals surface area contributed by atoms with Gasteiger partial charge in [-0.1, -0.05) is 12.1 Å². The molecule has 0 bridgehead atoms. The zero-order chi connectivity index (χ0) is 18.0. The minimum atomic E-state index is -0.503. The van der Waals surface area contributed by atoms with E-state index in [9.17, 15) is 4.79 Å². The average molecular weight is 467 g/mol. The molecule has 0 unspecified atom stereocenters. The third-order valence-corrected chi connectivity index (χ3v) is 4.76. The van der Waals surface area contributed by atoms with E-state index in [-0.39, 0.29) is 11.6 Å². The highest BCUT2D eigenvalue weighted by Gasteiger charge is 2.25. The van der Waals surface area contributed by atoms with Crippen LogP contribution < -0.4 is 9.47 Å². The normalized spacial score (nSPS) is 15.1. The molecular weight excluding hydrogens is 454 g/mol. The molecule has 1 aliphatic rings. The average Bonchev–Trinajstić information content (AvgIpc) is 2.95. The maximum atomic E-state index is 12.1. The number of hydrogen-bond donors (Lipinski definition) is 0. The molecule has 0 atom stereocenters. The summed E-state index contributed by atoms with van der Waals surface area (Å²) in [6.45, 7) is 0. The Morgan fingerprint density at radius 3 is 2.52 bits per heavy atom. The number of ether oxygens (including phenoxy) is 3. The second-order valence-corrected chi connectivity index (χ2v) is 6.76. The molecule has 2 aromatic carbocycles. The molecular formula is C18H13Br2NO4. The van der Waals surface area contributed by atoms with Crippen LogP contribution >= 0.6 is 31.9 Å². The van der Waals surface area contributed by atoms with Gasteiger partial charge in [0.25, 0.3) is 0 Å². The third-order valence-electron chi connectivity index (χ3n) is 3.48. The van der Waals surface area contributed by atoms with Crippen molar-refractivity contribution in [3.05, 3.63) is 62.2 Å². The summed E-state index contributed by atoms with van der Waals surface area (Å²) < 4.78 is 17.4. The molecule has 1 heterocycles. The molecule has 0 radical (unpaired) electrons. The molecule has 25 heavy (non-hydrogen) atoms. The van der Waals surface area contributed by atoms with E-state index in [1.165, 1.54) is 0 Å². The highest BCUT2D eigenvalue weighted by atomic mass is 79.9. The molecule has 5 nitrogen and oxygen atoms in total. The summed E-state index contributed by atoms with van der Waals surface area (Å²) in [5.74, 6) is 0.890. The highest BCUT2D eigenvalue weighted by molar-refractivity contribution is 9.10. The summed E-state index contributed by atoms with van der Waals surface area (Å²) >= 11 is 6.86. The van der Waals surface area contributed by atoms with Gasteiger partial charge in [0.1, 0.15) is 0 Å². The molecule has 0 aromatic heterocycles. The van der Waals surface area contributed by atoms with Crippen LogP contribution in [-0.4, -0.2) is 26.1 Å². The summed E-state index contributed by atoms with van der Waals surface area (Å²) in [4.78, 5) is 16.5. The van der Waals surface area contributed by atoms with Gasteiger partial charge in [-0.25, -0.2) is 9.79 Å². The van der Waals surface area contributed by atoms with Crippen LogP contribution in [0.2, 0.25) is 0 Å². The lowest BCUT2D eigenvalue weighted by atomic mass is 10.1. The molecule has 0 aliphatic carbocycles. The number of carbonyl (C=O) groups is 1. The predicted molar refractivity (Wildman–Crippen MR) is 102 cm³/mol. The molecule has 3 rings (SSSR count). The SMILES string of the molecule is COc1cc(/C=C2\N=C(c3ccccc3Br)OC2=O)cc(Br)c1OC. The van der Waals surface area contributed by atoms with E-state index in [2.05, 4.69) is 36.9 Å². The molecule has 2 aromatic rings. The first-order valence-corrected chi connectivity index (χ1v) is 8.81. The number of nitrogens with zero attached hydrogens (tertiary/aromatic N) is 1. The van der Waals surface area contributed by atoms with Crippen molar-refractivity contribution >= 4 is 49.8 Å². The van der Waals surface area contributed by atoms with Crippen molar-refractivity contribution in [2.24, 2.45) is 4.99 Å². The Morgan fingerprint density at radius 1 is 1.08 bits per heavy atom. The van der Waals surface area contributed by atoms with Crippen molar-refractivity contribution in [3.8, 4) is 11.5 Å². The lowest BCUT2D eigenvalue weighted by Crippen LogP contribution is -2.05. The number of methoxy groups -OCH3 is 2.